The molecule has 2 heterocycles. The van der Waals surface area contributed by atoms with Crippen LogP contribution in [0.15, 0.2) is 52.8 Å². The van der Waals surface area contributed by atoms with Gasteiger partial charge < -0.3 is 0 Å². The number of hydrazine groups is 1. The minimum absolute atomic E-state index is 0.0934. The van der Waals surface area contributed by atoms with Gasteiger partial charge in [0.2, 0.25) is 0 Å². The molecule has 4 nitrogen and oxygen atoms in total. The molecule has 3 rings (SSSR count). The average Bonchev–Trinajstić information content (AvgIpc) is 2.96. The number of aliphatic imine (C=N–C) groups is 1. The van der Waals surface area contributed by atoms with Gasteiger partial charge in [0.15, 0.2) is 5.84 Å². The van der Waals surface area contributed by atoms with Crippen LogP contribution in [0.5, 0.6) is 0 Å². The van der Waals surface area contributed by atoms with E-state index >= 15 is 0 Å². The molecule has 96 valence electrons. The van der Waals surface area contributed by atoms with Gasteiger partial charge in [-0.3, -0.25) is 20.6 Å². The minimum Gasteiger partial charge on any atom is -0.281 e. The van der Waals surface area contributed by atoms with Gasteiger partial charge in [0, 0.05) is 6.42 Å². The Labute approximate surface area is 115 Å². The highest BCUT2D eigenvalue weighted by Gasteiger charge is 2.24. The van der Waals surface area contributed by atoms with E-state index in [-0.39, 0.29) is 11.9 Å². The third-order valence-electron chi connectivity index (χ3n) is 2.92. The average molecular weight is 271 g/mol. The Bertz CT molecular complexity index is 592. The fourth-order valence-electron chi connectivity index (χ4n) is 1.97. The second-order valence-electron chi connectivity index (χ2n) is 4.27. The van der Waals surface area contributed by atoms with Crippen molar-refractivity contribution < 1.29 is 4.79 Å². The number of nitrogens with one attached hydrogen (secondary N) is 2. The lowest BCUT2D eigenvalue weighted by Gasteiger charge is -2.21. The molecule has 0 saturated heterocycles. The van der Waals surface area contributed by atoms with Crippen molar-refractivity contribution >= 4 is 23.1 Å². The van der Waals surface area contributed by atoms with Crippen LogP contribution in [0, 0.1) is 0 Å². The van der Waals surface area contributed by atoms with E-state index in [1.165, 1.54) is 0 Å². The zero-order chi connectivity index (χ0) is 13.1. The first kappa shape index (κ1) is 11.9. The number of amides is 1. The smallest absolute Gasteiger partial charge is 0.263 e. The van der Waals surface area contributed by atoms with E-state index < -0.39 is 0 Å². The topological polar surface area (TPSA) is 53.5 Å². The fourth-order valence-corrected chi connectivity index (χ4v) is 2.64. The molecule has 0 radical (unpaired) electrons. The molecule has 1 aromatic carbocycles. The second-order valence-corrected chi connectivity index (χ2v) is 5.22. The zero-order valence-electron chi connectivity index (χ0n) is 10.2. The first-order valence-electron chi connectivity index (χ1n) is 6.04. The van der Waals surface area contributed by atoms with Crippen LogP contribution >= 0.6 is 11.3 Å². The van der Waals surface area contributed by atoms with Gasteiger partial charge in [0.25, 0.3) is 5.91 Å². The lowest BCUT2D eigenvalue weighted by molar-refractivity contribution is -0.123. The fraction of sp³-hybridized carbons (Fsp3) is 0.143. The zero-order valence-corrected chi connectivity index (χ0v) is 11.0. The Hall–Kier alpha value is -2.14. The normalized spacial score (nSPS) is 18.4. The molecule has 2 aromatic rings. The summed E-state index contributed by atoms with van der Waals surface area (Å²) in [6.07, 6.45) is 0.614. The molecular weight excluding hydrogens is 258 g/mol. The number of amidine groups is 1. The standard InChI is InChI=1S/C14H13N3OS/c18-14-11(9-10-5-2-1-3-6-10)15-13(16-17-14)12-7-4-8-19-12/h1-8,11H,9H2,(H,15,16)(H,17,18). The number of benzene rings is 1. The largest absolute Gasteiger partial charge is 0.281 e. The number of thiophene rings is 1. The van der Waals surface area contributed by atoms with Crippen molar-refractivity contribution in [1.82, 2.24) is 10.9 Å². The monoisotopic (exact) mass is 271 g/mol. The van der Waals surface area contributed by atoms with Crippen molar-refractivity contribution in [2.24, 2.45) is 4.99 Å². The minimum atomic E-state index is -0.374. The first-order valence-corrected chi connectivity index (χ1v) is 6.92. The number of carbonyl (C=O) groups excluding carboxylic acids is 1. The van der Waals surface area contributed by atoms with Crippen molar-refractivity contribution in [2.75, 3.05) is 0 Å². The Morgan fingerprint density at radius 1 is 1.11 bits per heavy atom. The van der Waals surface area contributed by atoms with E-state index in [1.807, 2.05) is 47.8 Å². The molecular formula is C14H13N3OS. The molecule has 1 amide bonds. The van der Waals surface area contributed by atoms with Crippen molar-refractivity contribution in [2.45, 2.75) is 12.5 Å². The summed E-state index contributed by atoms with van der Waals surface area (Å²) in [5.41, 5.74) is 6.64. The van der Waals surface area contributed by atoms with Crippen molar-refractivity contribution in [3.63, 3.8) is 0 Å². The molecule has 2 N–H and O–H groups in total. The maximum absolute atomic E-state index is 11.8. The lowest BCUT2D eigenvalue weighted by Crippen LogP contribution is -2.51. The summed E-state index contributed by atoms with van der Waals surface area (Å²) >= 11 is 1.59. The Kier molecular flexibility index (Phi) is 3.29. The van der Waals surface area contributed by atoms with Crippen LogP contribution in [0.3, 0.4) is 0 Å². The molecule has 0 spiro atoms. The molecule has 19 heavy (non-hydrogen) atoms. The summed E-state index contributed by atoms with van der Waals surface area (Å²) in [6.45, 7) is 0. The summed E-state index contributed by atoms with van der Waals surface area (Å²) in [7, 11) is 0. The predicted molar refractivity (Wildman–Crippen MR) is 76.1 cm³/mol. The number of hydrogen-bond donors (Lipinski definition) is 2. The van der Waals surface area contributed by atoms with Crippen LogP contribution in [0.1, 0.15) is 10.4 Å². The van der Waals surface area contributed by atoms with Crippen LogP contribution in [0.4, 0.5) is 0 Å². The molecule has 1 aliphatic heterocycles. The maximum atomic E-state index is 11.8. The van der Waals surface area contributed by atoms with Gasteiger partial charge in [0.05, 0.1) is 4.88 Å². The molecule has 1 aliphatic rings. The number of hydrogen-bond acceptors (Lipinski definition) is 4. The van der Waals surface area contributed by atoms with E-state index in [0.29, 0.717) is 6.42 Å². The predicted octanol–water partition coefficient (Wildman–Crippen LogP) is 1.74. The second kappa shape index (κ2) is 5.24. The molecule has 1 atom stereocenters. The highest BCUT2D eigenvalue weighted by molar-refractivity contribution is 7.12. The first-order chi connectivity index (χ1) is 9.33. The third-order valence-corrected chi connectivity index (χ3v) is 3.79. The Morgan fingerprint density at radius 3 is 2.68 bits per heavy atom. The summed E-state index contributed by atoms with van der Waals surface area (Å²) in [5, 5.41) is 1.99. The number of carbonyl (C=O) groups is 1. The third kappa shape index (κ3) is 2.66. The SMILES string of the molecule is O=C1NNC(c2cccs2)=NC1Cc1ccccc1. The molecule has 0 bridgehead atoms. The summed E-state index contributed by atoms with van der Waals surface area (Å²) in [6, 6.07) is 13.5. The summed E-state index contributed by atoms with van der Waals surface area (Å²) < 4.78 is 0. The summed E-state index contributed by atoms with van der Waals surface area (Å²) in [4.78, 5) is 17.4. The molecule has 1 aromatic heterocycles. The van der Waals surface area contributed by atoms with E-state index in [0.717, 1.165) is 16.3 Å². The molecule has 0 aliphatic carbocycles. The number of nitrogens with zero attached hydrogens (tertiary/aromatic N) is 1. The van der Waals surface area contributed by atoms with Crippen molar-refractivity contribution in [1.29, 1.82) is 0 Å². The van der Waals surface area contributed by atoms with Crippen molar-refractivity contribution in [3.05, 3.63) is 58.3 Å². The quantitative estimate of drug-likeness (QED) is 0.893. The van der Waals surface area contributed by atoms with Crippen LogP contribution in [0.2, 0.25) is 0 Å². The van der Waals surface area contributed by atoms with Gasteiger partial charge >= 0.3 is 0 Å². The van der Waals surface area contributed by atoms with Gasteiger partial charge in [-0.05, 0) is 17.0 Å². The van der Waals surface area contributed by atoms with Crippen LogP contribution in [0.25, 0.3) is 0 Å². The number of rotatable bonds is 3. The van der Waals surface area contributed by atoms with E-state index in [4.69, 9.17) is 0 Å². The van der Waals surface area contributed by atoms with Crippen LogP contribution in [-0.4, -0.2) is 17.8 Å². The van der Waals surface area contributed by atoms with Crippen molar-refractivity contribution in [3.8, 4) is 0 Å². The lowest BCUT2D eigenvalue weighted by atomic mass is 10.1. The summed E-state index contributed by atoms with van der Waals surface area (Å²) in [5.74, 6) is 0.639. The Morgan fingerprint density at radius 2 is 1.95 bits per heavy atom. The maximum Gasteiger partial charge on any atom is 0.263 e. The molecule has 1 unspecified atom stereocenters. The molecule has 0 fully saturated rings. The molecule has 0 saturated carbocycles. The Balaban J connectivity index is 1.83. The van der Waals surface area contributed by atoms with E-state index in [1.54, 1.807) is 11.3 Å². The van der Waals surface area contributed by atoms with E-state index in [9.17, 15) is 4.79 Å². The van der Waals surface area contributed by atoms with Gasteiger partial charge in [-0.15, -0.1) is 11.3 Å². The van der Waals surface area contributed by atoms with E-state index in [2.05, 4.69) is 15.8 Å². The highest BCUT2D eigenvalue weighted by Crippen LogP contribution is 2.13. The van der Waals surface area contributed by atoms with Crippen LogP contribution in [-0.2, 0) is 11.2 Å². The van der Waals surface area contributed by atoms with Crippen LogP contribution < -0.4 is 10.9 Å². The van der Waals surface area contributed by atoms with Gasteiger partial charge in [-0.1, -0.05) is 36.4 Å². The van der Waals surface area contributed by atoms with Gasteiger partial charge in [0.1, 0.15) is 6.04 Å². The van der Waals surface area contributed by atoms with Gasteiger partial charge in [-0.2, -0.15) is 0 Å². The highest BCUT2D eigenvalue weighted by atomic mass is 32.1. The van der Waals surface area contributed by atoms with Gasteiger partial charge in [-0.25, -0.2) is 0 Å². The molecule has 5 heteroatoms.